The Morgan fingerprint density at radius 1 is 0.968 bits per heavy atom. The van der Waals surface area contributed by atoms with Gasteiger partial charge in [0.15, 0.2) is 0 Å². The SMILES string of the molecule is Cc1ccc(NS(=O)(=O)c2cc(C(=O)NCCSc3ccccc3)ccc2Cl)cc1C. The standard InChI is InChI=1S/C23H23ClN2O3S2/c1-16-8-10-19(14-17(16)2)26-31(28,29)22-15-18(9-11-21(22)24)23(27)25-12-13-30-20-6-4-3-5-7-20/h3-11,14-15,26H,12-13H2,1-2H3,(H,25,27). The van der Waals surface area contributed by atoms with Crippen molar-refractivity contribution in [3.63, 3.8) is 0 Å². The molecule has 0 unspecified atom stereocenters. The van der Waals surface area contributed by atoms with E-state index in [1.165, 1.54) is 18.2 Å². The number of benzene rings is 3. The summed E-state index contributed by atoms with van der Waals surface area (Å²) in [5.41, 5.74) is 2.69. The molecule has 0 saturated heterocycles. The smallest absolute Gasteiger partial charge is 0.263 e. The van der Waals surface area contributed by atoms with Gasteiger partial charge in [0.25, 0.3) is 15.9 Å². The Morgan fingerprint density at radius 3 is 2.42 bits per heavy atom. The molecular formula is C23H23ClN2O3S2. The molecule has 0 atom stereocenters. The second-order valence-corrected chi connectivity index (χ2v) is 10.2. The number of halogens is 1. The van der Waals surface area contributed by atoms with Crippen molar-refractivity contribution in [2.75, 3.05) is 17.0 Å². The van der Waals surface area contributed by atoms with E-state index in [1.54, 1.807) is 23.9 Å². The van der Waals surface area contributed by atoms with Crippen LogP contribution >= 0.6 is 23.4 Å². The van der Waals surface area contributed by atoms with Crippen LogP contribution in [0.5, 0.6) is 0 Å². The number of carbonyl (C=O) groups is 1. The predicted octanol–water partition coefficient (Wildman–Crippen LogP) is 5.28. The summed E-state index contributed by atoms with van der Waals surface area (Å²) in [6.45, 7) is 4.30. The van der Waals surface area contributed by atoms with Gasteiger partial charge in [-0.25, -0.2) is 8.42 Å². The van der Waals surface area contributed by atoms with Crippen molar-refractivity contribution in [2.24, 2.45) is 0 Å². The van der Waals surface area contributed by atoms with Crippen molar-refractivity contribution in [2.45, 2.75) is 23.6 Å². The molecule has 0 heterocycles. The zero-order chi connectivity index (χ0) is 22.4. The van der Waals surface area contributed by atoms with E-state index in [0.717, 1.165) is 16.0 Å². The lowest BCUT2D eigenvalue weighted by molar-refractivity contribution is 0.0956. The van der Waals surface area contributed by atoms with Crippen molar-refractivity contribution in [1.82, 2.24) is 5.32 Å². The molecule has 0 saturated carbocycles. The van der Waals surface area contributed by atoms with E-state index in [0.29, 0.717) is 18.0 Å². The topological polar surface area (TPSA) is 75.3 Å². The highest BCUT2D eigenvalue weighted by Gasteiger charge is 2.20. The van der Waals surface area contributed by atoms with Crippen LogP contribution in [0.25, 0.3) is 0 Å². The van der Waals surface area contributed by atoms with Crippen LogP contribution in [-0.4, -0.2) is 26.6 Å². The third-order valence-corrected chi connectivity index (χ3v) is 7.52. The molecule has 0 radical (unpaired) electrons. The van der Waals surface area contributed by atoms with Crippen LogP contribution in [0.2, 0.25) is 5.02 Å². The summed E-state index contributed by atoms with van der Waals surface area (Å²) in [5, 5.41) is 2.86. The number of rotatable bonds is 8. The van der Waals surface area contributed by atoms with Gasteiger partial charge in [0.05, 0.1) is 5.02 Å². The van der Waals surface area contributed by atoms with Crippen LogP contribution in [0, 0.1) is 13.8 Å². The first kappa shape index (κ1) is 23.2. The average molecular weight is 475 g/mol. The molecule has 31 heavy (non-hydrogen) atoms. The molecule has 1 amide bonds. The second-order valence-electron chi connectivity index (χ2n) is 6.97. The highest BCUT2D eigenvalue weighted by molar-refractivity contribution is 7.99. The van der Waals surface area contributed by atoms with Gasteiger partial charge in [-0.2, -0.15) is 0 Å². The summed E-state index contributed by atoms with van der Waals surface area (Å²) >= 11 is 7.78. The fraction of sp³-hybridized carbons (Fsp3) is 0.174. The number of anilines is 1. The van der Waals surface area contributed by atoms with E-state index in [1.807, 2.05) is 50.2 Å². The summed E-state index contributed by atoms with van der Waals surface area (Å²) in [6, 6.07) is 19.4. The Labute approximate surface area is 192 Å². The van der Waals surface area contributed by atoms with E-state index < -0.39 is 10.0 Å². The third-order valence-electron chi connectivity index (χ3n) is 4.64. The van der Waals surface area contributed by atoms with Crippen LogP contribution in [0.3, 0.4) is 0 Å². The van der Waals surface area contributed by atoms with Crippen LogP contribution in [-0.2, 0) is 10.0 Å². The molecule has 3 aromatic rings. The van der Waals surface area contributed by atoms with Crippen molar-refractivity contribution in [3.8, 4) is 0 Å². The maximum Gasteiger partial charge on any atom is 0.263 e. The maximum absolute atomic E-state index is 12.9. The lowest BCUT2D eigenvalue weighted by Gasteiger charge is -2.12. The Bertz CT molecular complexity index is 1180. The maximum atomic E-state index is 12.9. The van der Waals surface area contributed by atoms with Crippen LogP contribution in [0.1, 0.15) is 21.5 Å². The molecule has 3 rings (SSSR count). The van der Waals surface area contributed by atoms with Crippen molar-refractivity contribution in [1.29, 1.82) is 0 Å². The molecule has 0 bridgehead atoms. The number of hydrogen-bond donors (Lipinski definition) is 2. The first-order valence-corrected chi connectivity index (χ1v) is 12.5. The molecule has 0 spiro atoms. The van der Waals surface area contributed by atoms with E-state index in [4.69, 9.17) is 11.6 Å². The monoisotopic (exact) mass is 474 g/mol. The molecule has 8 heteroatoms. The number of aryl methyl sites for hydroxylation is 2. The lowest BCUT2D eigenvalue weighted by Crippen LogP contribution is -2.26. The van der Waals surface area contributed by atoms with E-state index in [9.17, 15) is 13.2 Å². The summed E-state index contributed by atoms with van der Waals surface area (Å²) in [7, 11) is -3.96. The molecule has 0 aliphatic rings. The average Bonchev–Trinajstić information content (AvgIpc) is 2.74. The second kappa shape index (κ2) is 10.2. The summed E-state index contributed by atoms with van der Waals surface area (Å²) in [4.78, 5) is 13.5. The van der Waals surface area contributed by atoms with Gasteiger partial charge < -0.3 is 5.32 Å². The van der Waals surface area contributed by atoms with Crippen molar-refractivity contribution in [3.05, 3.63) is 88.4 Å². The van der Waals surface area contributed by atoms with E-state index >= 15 is 0 Å². The predicted molar refractivity (Wildman–Crippen MR) is 128 cm³/mol. The molecular weight excluding hydrogens is 452 g/mol. The van der Waals surface area contributed by atoms with E-state index in [-0.39, 0.29) is 21.4 Å². The largest absolute Gasteiger partial charge is 0.351 e. The normalized spacial score (nSPS) is 11.2. The highest BCUT2D eigenvalue weighted by atomic mass is 35.5. The summed E-state index contributed by atoms with van der Waals surface area (Å²) < 4.78 is 28.3. The fourth-order valence-corrected chi connectivity index (χ4v) is 5.18. The van der Waals surface area contributed by atoms with Gasteiger partial charge >= 0.3 is 0 Å². The van der Waals surface area contributed by atoms with Crippen molar-refractivity contribution < 1.29 is 13.2 Å². The fourth-order valence-electron chi connectivity index (χ4n) is 2.82. The summed E-state index contributed by atoms with van der Waals surface area (Å²) in [6.07, 6.45) is 0. The third kappa shape index (κ3) is 6.26. The number of nitrogens with one attached hydrogen (secondary N) is 2. The zero-order valence-electron chi connectivity index (χ0n) is 17.2. The number of amides is 1. The van der Waals surface area contributed by atoms with Gasteiger partial charge in [0.2, 0.25) is 0 Å². The number of carbonyl (C=O) groups excluding carboxylic acids is 1. The van der Waals surface area contributed by atoms with E-state index in [2.05, 4.69) is 10.0 Å². The molecule has 3 aromatic carbocycles. The first-order valence-electron chi connectivity index (χ1n) is 9.62. The quantitative estimate of drug-likeness (QED) is 0.344. The zero-order valence-corrected chi connectivity index (χ0v) is 19.6. The minimum atomic E-state index is -3.96. The van der Waals surface area contributed by atoms with Crippen LogP contribution in [0.15, 0.2) is 76.5 Å². The van der Waals surface area contributed by atoms with Crippen molar-refractivity contribution >= 4 is 45.0 Å². The lowest BCUT2D eigenvalue weighted by atomic mass is 10.1. The molecule has 162 valence electrons. The Hall–Kier alpha value is -2.48. The molecule has 5 nitrogen and oxygen atoms in total. The van der Waals surface area contributed by atoms with Crippen LogP contribution < -0.4 is 10.0 Å². The molecule has 0 aliphatic heterocycles. The minimum absolute atomic E-state index is 0.0486. The minimum Gasteiger partial charge on any atom is -0.351 e. The summed E-state index contributed by atoms with van der Waals surface area (Å²) in [5.74, 6) is 0.344. The van der Waals surface area contributed by atoms with Gasteiger partial charge in [0.1, 0.15) is 4.90 Å². The van der Waals surface area contributed by atoms with Crippen LogP contribution in [0.4, 0.5) is 5.69 Å². The molecule has 0 aliphatic carbocycles. The Balaban J connectivity index is 1.68. The Kier molecular flexibility index (Phi) is 7.64. The molecule has 2 N–H and O–H groups in total. The molecule has 0 aromatic heterocycles. The first-order chi connectivity index (χ1) is 14.8. The Morgan fingerprint density at radius 2 is 1.71 bits per heavy atom. The molecule has 0 fully saturated rings. The van der Waals surface area contributed by atoms with Gasteiger partial charge in [0, 0.05) is 28.4 Å². The number of thioether (sulfide) groups is 1. The highest BCUT2D eigenvalue weighted by Crippen LogP contribution is 2.26. The van der Waals surface area contributed by atoms with Gasteiger partial charge in [-0.15, -0.1) is 11.8 Å². The van der Waals surface area contributed by atoms with Gasteiger partial charge in [-0.05, 0) is 67.4 Å². The number of sulfonamides is 1. The number of hydrogen-bond acceptors (Lipinski definition) is 4. The van der Waals surface area contributed by atoms with Gasteiger partial charge in [-0.3, -0.25) is 9.52 Å². The van der Waals surface area contributed by atoms with Gasteiger partial charge in [-0.1, -0.05) is 35.9 Å².